The highest BCUT2D eigenvalue weighted by Gasteiger charge is 2.08. The first-order valence-electron chi connectivity index (χ1n) is 13.4. The normalized spacial score (nSPS) is 10.9. The van der Waals surface area contributed by atoms with Gasteiger partial charge >= 0.3 is 0 Å². The van der Waals surface area contributed by atoms with E-state index in [2.05, 4.69) is 60.0 Å². The van der Waals surface area contributed by atoms with Crippen LogP contribution in [0, 0.1) is 23.3 Å². The molecule has 0 aromatic heterocycles. The Hall–Kier alpha value is -2.66. The summed E-state index contributed by atoms with van der Waals surface area (Å²) in [6.07, 6.45) is 0. The van der Waals surface area contributed by atoms with E-state index < -0.39 is 8.07 Å². The summed E-state index contributed by atoms with van der Waals surface area (Å²) in [5.41, 5.74) is 7.37. The number of hydrogen-bond acceptors (Lipinski definition) is 7. The highest BCUT2D eigenvalue weighted by molar-refractivity contribution is 6.83. The molecule has 0 aliphatic carbocycles. The zero-order chi connectivity index (χ0) is 28.2. The first kappa shape index (κ1) is 32.5. The summed E-state index contributed by atoms with van der Waals surface area (Å²) >= 11 is 0. The average Bonchev–Trinajstić information content (AvgIpc) is 2.93. The molecule has 0 heterocycles. The van der Waals surface area contributed by atoms with Crippen LogP contribution in [0.1, 0.15) is 16.7 Å². The maximum atomic E-state index is 8.78. The molecular weight excluding hydrogens is 510 g/mol. The number of aliphatic hydroxyl groups excluding tert-OH is 2. The molecule has 0 atom stereocenters. The lowest BCUT2D eigenvalue weighted by Crippen LogP contribution is -2.31. The molecule has 0 aliphatic rings. The van der Waals surface area contributed by atoms with E-state index in [1.165, 1.54) is 0 Å². The number of rotatable bonds is 17. The average molecular weight is 554 g/mol. The van der Waals surface area contributed by atoms with Crippen molar-refractivity contribution in [3.8, 4) is 23.3 Å². The van der Waals surface area contributed by atoms with Crippen LogP contribution in [0.25, 0.3) is 0 Å². The van der Waals surface area contributed by atoms with Crippen LogP contribution in [0.15, 0.2) is 48.5 Å². The van der Waals surface area contributed by atoms with Gasteiger partial charge in [0.25, 0.3) is 0 Å². The van der Waals surface area contributed by atoms with Gasteiger partial charge in [-0.25, -0.2) is 0 Å². The zero-order valence-electron chi connectivity index (χ0n) is 23.6. The van der Waals surface area contributed by atoms with Crippen molar-refractivity contribution >= 4 is 13.8 Å². The molecule has 212 valence electrons. The summed E-state index contributed by atoms with van der Waals surface area (Å²) in [7, 11) is -1.39. The number of aliphatic hydroxyl groups is 2. The SMILES string of the molecule is C[Si](C)(C)C#Cc1ccc(C#Cc2ccc(N(CCOCCOCCO)CCOCCOCCO)cc2)cc1. The third-order valence-electron chi connectivity index (χ3n) is 5.28. The molecule has 2 aromatic rings. The Labute approximate surface area is 235 Å². The topological polar surface area (TPSA) is 80.6 Å². The van der Waals surface area contributed by atoms with Gasteiger partial charge in [0.2, 0.25) is 0 Å². The zero-order valence-corrected chi connectivity index (χ0v) is 24.6. The quantitative estimate of drug-likeness (QED) is 0.177. The van der Waals surface area contributed by atoms with Gasteiger partial charge in [0.1, 0.15) is 8.07 Å². The molecule has 0 unspecified atom stereocenters. The molecule has 2 rings (SSSR count). The second-order valence-corrected chi connectivity index (χ2v) is 14.5. The van der Waals surface area contributed by atoms with Gasteiger partial charge in [-0.05, 0) is 48.5 Å². The molecule has 0 saturated carbocycles. The fourth-order valence-electron chi connectivity index (χ4n) is 3.29. The third kappa shape index (κ3) is 15.5. The molecule has 0 bridgehead atoms. The van der Waals surface area contributed by atoms with Crippen LogP contribution in [0.5, 0.6) is 0 Å². The maximum Gasteiger partial charge on any atom is 0.129 e. The molecule has 0 fully saturated rings. The number of benzene rings is 2. The van der Waals surface area contributed by atoms with Gasteiger partial charge in [0, 0.05) is 35.5 Å². The number of nitrogens with zero attached hydrogens (tertiary/aromatic N) is 1. The van der Waals surface area contributed by atoms with Crippen LogP contribution in [0.3, 0.4) is 0 Å². The van der Waals surface area contributed by atoms with Crippen LogP contribution in [-0.4, -0.2) is 97.4 Å². The second-order valence-electron chi connectivity index (χ2n) is 9.76. The lowest BCUT2D eigenvalue weighted by atomic mass is 10.1. The lowest BCUT2D eigenvalue weighted by Gasteiger charge is -2.25. The first-order valence-corrected chi connectivity index (χ1v) is 16.9. The summed E-state index contributed by atoms with van der Waals surface area (Å²) in [4.78, 5) is 2.21. The van der Waals surface area contributed by atoms with Crippen molar-refractivity contribution in [2.75, 3.05) is 84.1 Å². The molecular formula is C31H43NO6Si. The molecule has 7 nitrogen and oxygen atoms in total. The van der Waals surface area contributed by atoms with Crippen LogP contribution in [-0.2, 0) is 18.9 Å². The summed E-state index contributed by atoms with van der Waals surface area (Å²) in [6.45, 7) is 11.7. The third-order valence-corrected chi connectivity index (χ3v) is 6.15. The first-order chi connectivity index (χ1) is 18.9. The highest BCUT2D eigenvalue weighted by Crippen LogP contribution is 2.15. The maximum absolute atomic E-state index is 8.78. The van der Waals surface area contributed by atoms with Gasteiger partial charge in [-0.3, -0.25) is 0 Å². The van der Waals surface area contributed by atoms with Crippen LogP contribution >= 0.6 is 0 Å². The molecule has 2 aromatic carbocycles. The molecule has 0 amide bonds. The largest absolute Gasteiger partial charge is 0.394 e. The standard InChI is InChI=1S/C31H43NO6Si/c1-39(2,3)27-14-30-8-6-28(7-9-30)4-5-29-10-12-31(13-11-29)32(15-19-35-23-25-37-21-17-33)16-20-36-24-26-38-22-18-34/h6-13,33-34H,15-26H2,1-3H3. The van der Waals surface area contributed by atoms with Gasteiger partial charge in [-0.15, -0.1) is 5.54 Å². The van der Waals surface area contributed by atoms with E-state index in [0.717, 1.165) is 22.4 Å². The molecule has 2 N–H and O–H groups in total. The summed E-state index contributed by atoms with van der Waals surface area (Å²) < 4.78 is 21.9. The molecule has 0 spiro atoms. The van der Waals surface area contributed by atoms with Crippen molar-refractivity contribution in [2.24, 2.45) is 0 Å². The fourth-order valence-corrected chi connectivity index (χ4v) is 3.81. The Balaban J connectivity index is 1.93. The number of ether oxygens (including phenoxy) is 4. The van der Waals surface area contributed by atoms with Crippen LogP contribution < -0.4 is 4.90 Å². The number of anilines is 1. The molecule has 0 radical (unpaired) electrons. The second kappa shape index (κ2) is 19.4. The van der Waals surface area contributed by atoms with Gasteiger partial charge in [-0.1, -0.05) is 37.4 Å². The van der Waals surface area contributed by atoms with Crippen LogP contribution in [0.2, 0.25) is 19.6 Å². The fraction of sp³-hybridized carbons (Fsp3) is 0.484. The monoisotopic (exact) mass is 553 g/mol. The Kier molecular flexibility index (Phi) is 16.2. The molecule has 0 saturated heterocycles. The van der Waals surface area contributed by atoms with Gasteiger partial charge in [0.05, 0.1) is 66.1 Å². The Morgan fingerprint density at radius 3 is 1.36 bits per heavy atom. The Morgan fingerprint density at radius 2 is 0.949 bits per heavy atom. The van der Waals surface area contributed by atoms with E-state index in [4.69, 9.17) is 29.2 Å². The predicted octanol–water partition coefficient (Wildman–Crippen LogP) is 3.17. The minimum Gasteiger partial charge on any atom is -0.394 e. The molecule has 8 heteroatoms. The lowest BCUT2D eigenvalue weighted by molar-refractivity contribution is 0.0316. The molecule has 0 aliphatic heterocycles. The molecule has 39 heavy (non-hydrogen) atoms. The minimum absolute atomic E-state index is 0.0134. The van der Waals surface area contributed by atoms with Crippen molar-refractivity contribution in [1.82, 2.24) is 0 Å². The van der Waals surface area contributed by atoms with Crippen molar-refractivity contribution in [1.29, 1.82) is 0 Å². The van der Waals surface area contributed by atoms with Gasteiger partial charge in [0.15, 0.2) is 0 Å². The van der Waals surface area contributed by atoms with Crippen molar-refractivity contribution in [3.05, 3.63) is 65.2 Å². The van der Waals surface area contributed by atoms with E-state index in [1.807, 2.05) is 36.4 Å². The van der Waals surface area contributed by atoms with E-state index in [9.17, 15) is 0 Å². The van der Waals surface area contributed by atoms with Crippen molar-refractivity contribution < 1.29 is 29.2 Å². The van der Waals surface area contributed by atoms with E-state index in [1.54, 1.807) is 0 Å². The Morgan fingerprint density at radius 1 is 0.564 bits per heavy atom. The summed E-state index contributed by atoms with van der Waals surface area (Å²) in [5, 5.41) is 17.6. The minimum atomic E-state index is -1.39. The van der Waals surface area contributed by atoms with E-state index in [0.29, 0.717) is 65.9 Å². The van der Waals surface area contributed by atoms with Crippen molar-refractivity contribution in [3.63, 3.8) is 0 Å². The highest BCUT2D eigenvalue weighted by atomic mass is 28.3. The Bertz CT molecular complexity index is 1030. The smallest absolute Gasteiger partial charge is 0.129 e. The predicted molar refractivity (Wildman–Crippen MR) is 159 cm³/mol. The van der Waals surface area contributed by atoms with Gasteiger partial charge < -0.3 is 34.1 Å². The summed E-state index contributed by atoms with van der Waals surface area (Å²) in [5.74, 6) is 9.75. The van der Waals surface area contributed by atoms with Crippen molar-refractivity contribution in [2.45, 2.75) is 19.6 Å². The number of hydrogen-bond donors (Lipinski definition) is 2. The van der Waals surface area contributed by atoms with E-state index in [-0.39, 0.29) is 13.2 Å². The summed E-state index contributed by atoms with van der Waals surface area (Å²) in [6, 6.07) is 16.3. The van der Waals surface area contributed by atoms with E-state index >= 15 is 0 Å². The van der Waals surface area contributed by atoms with Gasteiger partial charge in [-0.2, -0.15) is 0 Å². The van der Waals surface area contributed by atoms with Crippen LogP contribution in [0.4, 0.5) is 5.69 Å².